The van der Waals surface area contributed by atoms with Gasteiger partial charge >= 0.3 is 5.97 Å². The molecule has 5 nitrogen and oxygen atoms in total. The summed E-state index contributed by atoms with van der Waals surface area (Å²) in [7, 11) is 0. The minimum atomic E-state index is -1.42. The highest BCUT2D eigenvalue weighted by Crippen LogP contribution is 2.39. The molecule has 0 saturated carbocycles. The van der Waals surface area contributed by atoms with Crippen molar-refractivity contribution >= 4 is 17.6 Å². The standard InChI is InChI=1S/C14H18N2O3/c1-8-6-9(2)12-11(7-8)16(10(3)17)5-4-14(12,15)13(18)19/h6-7H,4-5,15H2,1-3H3,(H,18,19). The molecule has 1 unspecified atom stereocenters. The summed E-state index contributed by atoms with van der Waals surface area (Å²) in [5.41, 5.74) is 7.64. The van der Waals surface area contributed by atoms with Crippen LogP contribution >= 0.6 is 0 Å². The van der Waals surface area contributed by atoms with E-state index >= 15 is 0 Å². The molecular formula is C14H18N2O3. The van der Waals surface area contributed by atoms with Gasteiger partial charge in [0.25, 0.3) is 0 Å². The lowest BCUT2D eigenvalue weighted by Gasteiger charge is -2.39. The average Bonchev–Trinajstić information content (AvgIpc) is 2.27. The summed E-state index contributed by atoms with van der Waals surface area (Å²) in [6.07, 6.45) is 0.221. The number of anilines is 1. The second-order valence-electron chi connectivity index (χ2n) is 5.17. The van der Waals surface area contributed by atoms with Crippen LogP contribution in [0.4, 0.5) is 5.69 Å². The molecule has 2 rings (SSSR count). The third kappa shape index (κ3) is 2.00. The Morgan fingerprint density at radius 2 is 2.00 bits per heavy atom. The number of carbonyl (C=O) groups is 2. The van der Waals surface area contributed by atoms with Crippen molar-refractivity contribution < 1.29 is 14.7 Å². The number of carbonyl (C=O) groups excluding carboxylic acids is 1. The molecule has 102 valence electrons. The van der Waals surface area contributed by atoms with Crippen LogP contribution in [-0.4, -0.2) is 23.5 Å². The maximum atomic E-state index is 11.7. The first kappa shape index (κ1) is 13.5. The Morgan fingerprint density at radius 3 is 2.53 bits per heavy atom. The number of aliphatic carboxylic acids is 1. The Morgan fingerprint density at radius 1 is 1.37 bits per heavy atom. The van der Waals surface area contributed by atoms with Gasteiger partial charge in [-0.2, -0.15) is 0 Å². The molecule has 1 atom stereocenters. The van der Waals surface area contributed by atoms with Gasteiger partial charge in [-0.05, 0) is 37.5 Å². The molecule has 19 heavy (non-hydrogen) atoms. The largest absolute Gasteiger partial charge is 0.480 e. The second-order valence-corrected chi connectivity index (χ2v) is 5.17. The molecule has 1 aromatic carbocycles. The Kier molecular flexibility index (Phi) is 3.10. The fourth-order valence-electron chi connectivity index (χ4n) is 2.81. The summed E-state index contributed by atoms with van der Waals surface area (Å²) in [5.74, 6) is -1.15. The molecule has 0 radical (unpaired) electrons. The van der Waals surface area contributed by atoms with Crippen LogP contribution in [-0.2, 0) is 15.1 Å². The molecule has 1 heterocycles. The van der Waals surface area contributed by atoms with Gasteiger partial charge in [-0.1, -0.05) is 6.07 Å². The number of rotatable bonds is 1. The van der Waals surface area contributed by atoms with Crippen molar-refractivity contribution in [2.45, 2.75) is 32.7 Å². The van der Waals surface area contributed by atoms with E-state index in [9.17, 15) is 14.7 Å². The maximum Gasteiger partial charge on any atom is 0.328 e. The zero-order valence-electron chi connectivity index (χ0n) is 11.4. The van der Waals surface area contributed by atoms with Gasteiger partial charge in [-0.15, -0.1) is 0 Å². The summed E-state index contributed by atoms with van der Waals surface area (Å²) in [6, 6.07) is 3.72. The molecule has 3 N–H and O–H groups in total. The number of aryl methyl sites for hydroxylation is 2. The first-order valence-electron chi connectivity index (χ1n) is 6.19. The van der Waals surface area contributed by atoms with E-state index in [2.05, 4.69) is 0 Å². The van der Waals surface area contributed by atoms with E-state index in [0.29, 0.717) is 17.8 Å². The number of carboxylic acid groups (broad SMARTS) is 1. The quantitative estimate of drug-likeness (QED) is 0.799. The molecule has 0 bridgehead atoms. The van der Waals surface area contributed by atoms with Crippen LogP contribution in [0.1, 0.15) is 30.0 Å². The normalized spacial score (nSPS) is 22.0. The number of nitrogens with zero attached hydrogens (tertiary/aromatic N) is 1. The summed E-state index contributed by atoms with van der Waals surface area (Å²) >= 11 is 0. The zero-order chi connectivity index (χ0) is 14.4. The van der Waals surface area contributed by atoms with Gasteiger partial charge in [0.2, 0.25) is 5.91 Å². The molecule has 1 aliphatic heterocycles. The van der Waals surface area contributed by atoms with Crippen LogP contribution in [0.2, 0.25) is 0 Å². The van der Waals surface area contributed by atoms with E-state index in [1.54, 1.807) is 4.90 Å². The predicted octanol–water partition coefficient (Wildman–Crippen LogP) is 1.30. The third-order valence-corrected chi connectivity index (χ3v) is 3.69. The summed E-state index contributed by atoms with van der Waals surface area (Å²) in [4.78, 5) is 24.8. The van der Waals surface area contributed by atoms with Crippen molar-refractivity contribution in [2.24, 2.45) is 5.73 Å². The zero-order valence-corrected chi connectivity index (χ0v) is 11.4. The lowest BCUT2D eigenvalue weighted by molar-refractivity contribution is -0.144. The molecule has 0 saturated heterocycles. The molecule has 0 aromatic heterocycles. The average molecular weight is 262 g/mol. The summed E-state index contributed by atoms with van der Waals surface area (Å²) in [5, 5.41) is 9.43. The van der Waals surface area contributed by atoms with E-state index in [1.807, 2.05) is 26.0 Å². The van der Waals surface area contributed by atoms with Crippen molar-refractivity contribution in [3.05, 3.63) is 28.8 Å². The summed E-state index contributed by atoms with van der Waals surface area (Å²) < 4.78 is 0. The summed E-state index contributed by atoms with van der Waals surface area (Å²) in [6.45, 7) is 5.55. The van der Waals surface area contributed by atoms with Gasteiger partial charge in [-0.3, -0.25) is 4.79 Å². The number of benzene rings is 1. The van der Waals surface area contributed by atoms with Crippen LogP contribution < -0.4 is 10.6 Å². The Labute approximate surface area is 112 Å². The van der Waals surface area contributed by atoms with Crippen molar-refractivity contribution in [1.29, 1.82) is 0 Å². The molecule has 1 amide bonds. The fourth-order valence-corrected chi connectivity index (χ4v) is 2.81. The Balaban J connectivity index is 2.74. The number of amides is 1. The highest BCUT2D eigenvalue weighted by Gasteiger charge is 2.44. The topological polar surface area (TPSA) is 83.6 Å². The maximum absolute atomic E-state index is 11.7. The van der Waals surface area contributed by atoms with Gasteiger partial charge in [0.1, 0.15) is 5.54 Å². The molecule has 5 heteroatoms. The molecular weight excluding hydrogens is 244 g/mol. The molecule has 0 fully saturated rings. The first-order chi connectivity index (χ1) is 8.77. The number of hydrogen-bond acceptors (Lipinski definition) is 3. The first-order valence-corrected chi connectivity index (χ1v) is 6.19. The SMILES string of the molecule is CC(=O)N1CCC(N)(C(=O)O)c2c(C)cc(C)cc21. The monoisotopic (exact) mass is 262 g/mol. The van der Waals surface area contributed by atoms with Crippen LogP contribution in [0.15, 0.2) is 12.1 Å². The van der Waals surface area contributed by atoms with Crippen LogP contribution in [0.25, 0.3) is 0 Å². The smallest absolute Gasteiger partial charge is 0.328 e. The number of hydrogen-bond donors (Lipinski definition) is 2. The third-order valence-electron chi connectivity index (χ3n) is 3.69. The van der Waals surface area contributed by atoms with Gasteiger partial charge in [0, 0.05) is 24.7 Å². The van der Waals surface area contributed by atoms with E-state index in [0.717, 1.165) is 11.1 Å². The van der Waals surface area contributed by atoms with Crippen molar-refractivity contribution in [1.82, 2.24) is 0 Å². The highest BCUT2D eigenvalue weighted by molar-refractivity contribution is 5.96. The van der Waals surface area contributed by atoms with Crippen molar-refractivity contribution in [2.75, 3.05) is 11.4 Å². The van der Waals surface area contributed by atoms with Crippen molar-refractivity contribution in [3.8, 4) is 0 Å². The van der Waals surface area contributed by atoms with Gasteiger partial charge < -0.3 is 15.7 Å². The lowest BCUT2D eigenvalue weighted by Crippen LogP contribution is -2.53. The Bertz CT molecular complexity index is 568. The fraction of sp³-hybridized carbons (Fsp3) is 0.429. The van der Waals surface area contributed by atoms with Crippen LogP contribution in [0, 0.1) is 13.8 Å². The Hall–Kier alpha value is -1.88. The minimum Gasteiger partial charge on any atom is -0.480 e. The van der Waals surface area contributed by atoms with E-state index in [4.69, 9.17) is 5.73 Å². The molecule has 0 spiro atoms. The van der Waals surface area contributed by atoms with Crippen molar-refractivity contribution in [3.63, 3.8) is 0 Å². The van der Waals surface area contributed by atoms with Crippen LogP contribution in [0.3, 0.4) is 0 Å². The molecule has 1 aromatic rings. The molecule has 0 aliphatic carbocycles. The number of nitrogens with two attached hydrogens (primary N) is 1. The second kappa shape index (κ2) is 4.35. The lowest BCUT2D eigenvalue weighted by atomic mass is 9.79. The van der Waals surface area contributed by atoms with Crippen LogP contribution in [0.5, 0.6) is 0 Å². The van der Waals surface area contributed by atoms with E-state index < -0.39 is 11.5 Å². The highest BCUT2D eigenvalue weighted by atomic mass is 16.4. The van der Waals surface area contributed by atoms with Gasteiger partial charge in [0.05, 0.1) is 0 Å². The number of fused-ring (bicyclic) bond motifs is 1. The number of carboxylic acids is 1. The predicted molar refractivity (Wildman–Crippen MR) is 72.1 cm³/mol. The van der Waals surface area contributed by atoms with Gasteiger partial charge in [-0.25, -0.2) is 4.79 Å². The van der Waals surface area contributed by atoms with E-state index in [1.165, 1.54) is 6.92 Å². The minimum absolute atomic E-state index is 0.0984. The molecule has 1 aliphatic rings. The van der Waals surface area contributed by atoms with E-state index in [-0.39, 0.29) is 12.3 Å². The van der Waals surface area contributed by atoms with Gasteiger partial charge in [0.15, 0.2) is 0 Å².